The van der Waals surface area contributed by atoms with Crippen molar-refractivity contribution in [2.24, 2.45) is 0 Å². The van der Waals surface area contributed by atoms with Crippen LogP contribution in [0.5, 0.6) is 5.75 Å². The highest BCUT2D eigenvalue weighted by molar-refractivity contribution is 6.13. The van der Waals surface area contributed by atoms with Crippen LogP contribution >= 0.6 is 0 Å². The number of anilines is 2. The number of hydrogen-bond donors (Lipinski definition) is 2. The molecule has 0 radical (unpaired) electrons. The quantitative estimate of drug-likeness (QED) is 0.552. The summed E-state index contributed by atoms with van der Waals surface area (Å²) in [5, 5.41) is 5.79. The first-order valence-electron chi connectivity index (χ1n) is 10.2. The number of carbonyl (C=O) groups excluding carboxylic acids is 2. The van der Waals surface area contributed by atoms with Gasteiger partial charge >= 0.3 is 0 Å². The van der Waals surface area contributed by atoms with Gasteiger partial charge < -0.3 is 15.4 Å². The van der Waals surface area contributed by atoms with Gasteiger partial charge in [0.25, 0.3) is 11.8 Å². The largest absolute Gasteiger partial charge is 0.497 e. The van der Waals surface area contributed by atoms with Gasteiger partial charge in [-0.25, -0.2) is 0 Å². The normalized spacial score (nSPS) is 11.0. The number of carbonyl (C=O) groups is 2. The molecule has 0 unspecified atom stereocenters. The predicted molar refractivity (Wildman–Crippen MR) is 125 cm³/mol. The fraction of sp³-hybridized carbons (Fsp3) is 0.231. The summed E-state index contributed by atoms with van der Waals surface area (Å²) in [4.78, 5) is 25.8. The van der Waals surface area contributed by atoms with Crippen molar-refractivity contribution in [1.29, 1.82) is 0 Å². The second kappa shape index (κ2) is 9.04. The number of aryl methyl sites for hydroxylation is 1. The monoisotopic (exact) mass is 416 g/mol. The third-order valence-corrected chi connectivity index (χ3v) is 5.12. The van der Waals surface area contributed by atoms with Crippen LogP contribution in [0.15, 0.2) is 66.7 Å². The topological polar surface area (TPSA) is 67.4 Å². The van der Waals surface area contributed by atoms with Gasteiger partial charge in [0, 0.05) is 11.3 Å². The van der Waals surface area contributed by atoms with Gasteiger partial charge in [0.15, 0.2) is 0 Å². The lowest BCUT2D eigenvalue weighted by Gasteiger charge is -2.19. The zero-order chi connectivity index (χ0) is 22.6. The summed E-state index contributed by atoms with van der Waals surface area (Å²) in [6, 6.07) is 20.0. The molecule has 0 bridgehead atoms. The first-order chi connectivity index (χ1) is 14.7. The number of benzene rings is 3. The molecule has 2 amide bonds. The van der Waals surface area contributed by atoms with Crippen molar-refractivity contribution in [2.75, 3.05) is 17.7 Å². The number of hydrogen-bond acceptors (Lipinski definition) is 3. The summed E-state index contributed by atoms with van der Waals surface area (Å²) in [6.07, 6.45) is 0. The molecule has 3 aromatic rings. The lowest BCUT2D eigenvalue weighted by atomic mass is 9.86. The highest BCUT2D eigenvalue weighted by Gasteiger charge is 2.18. The number of methoxy groups -OCH3 is 1. The molecule has 0 atom stereocenters. The van der Waals surface area contributed by atoms with Crippen molar-refractivity contribution in [3.8, 4) is 5.75 Å². The Hall–Kier alpha value is -3.60. The Morgan fingerprint density at radius 3 is 2.03 bits per heavy atom. The fourth-order valence-electron chi connectivity index (χ4n) is 3.20. The molecule has 0 aliphatic rings. The number of ether oxygens (including phenoxy) is 1. The maximum atomic E-state index is 12.9. The molecule has 0 saturated heterocycles. The van der Waals surface area contributed by atoms with Gasteiger partial charge in [0.1, 0.15) is 5.75 Å². The van der Waals surface area contributed by atoms with Crippen LogP contribution in [0.2, 0.25) is 0 Å². The molecule has 0 aromatic heterocycles. The zero-order valence-electron chi connectivity index (χ0n) is 18.6. The Balaban J connectivity index is 1.81. The van der Waals surface area contributed by atoms with E-state index < -0.39 is 0 Å². The SMILES string of the molecule is COc1ccc(NC(=O)c2cccc(C)c2NC(=O)c2ccc(C(C)(C)C)cc2)cc1. The van der Waals surface area contributed by atoms with Crippen LogP contribution in [-0.2, 0) is 5.41 Å². The van der Waals surface area contributed by atoms with E-state index in [2.05, 4.69) is 31.4 Å². The van der Waals surface area contributed by atoms with Gasteiger partial charge in [0.2, 0.25) is 0 Å². The molecular weight excluding hydrogens is 388 g/mol. The van der Waals surface area contributed by atoms with E-state index in [0.717, 1.165) is 11.1 Å². The summed E-state index contributed by atoms with van der Waals surface area (Å²) in [7, 11) is 1.59. The van der Waals surface area contributed by atoms with Crippen LogP contribution in [0.4, 0.5) is 11.4 Å². The number of para-hydroxylation sites is 1. The molecule has 0 aliphatic carbocycles. The number of rotatable bonds is 5. The van der Waals surface area contributed by atoms with Crippen LogP contribution in [0.3, 0.4) is 0 Å². The summed E-state index contributed by atoms with van der Waals surface area (Å²) in [5.41, 5.74) is 4.05. The summed E-state index contributed by atoms with van der Waals surface area (Å²) < 4.78 is 5.15. The van der Waals surface area contributed by atoms with Crippen molar-refractivity contribution in [3.05, 3.63) is 89.0 Å². The van der Waals surface area contributed by atoms with Crippen molar-refractivity contribution in [2.45, 2.75) is 33.1 Å². The lowest BCUT2D eigenvalue weighted by molar-refractivity contribution is 0.102. The molecule has 0 fully saturated rings. The lowest BCUT2D eigenvalue weighted by Crippen LogP contribution is -2.19. The van der Waals surface area contributed by atoms with E-state index in [1.165, 1.54) is 0 Å². The van der Waals surface area contributed by atoms with Gasteiger partial charge in [-0.15, -0.1) is 0 Å². The smallest absolute Gasteiger partial charge is 0.257 e. The fourth-order valence-corrected chi connectivity index (χ4v) is 3.20. The molecule has 5 heteroatoms. The summed E-state index contributed by atoms with van der Waals surface area (Å²) in [6.45, 7) is 8.25. The van der Waals surface area contributed by atoms with Crippen molar-refractivity contribution in [1.82, 2.24) is 0 Å². The van der Waals surface area contributed by atoms with E-state index in [1.807, 2.05) is 37.3 Å². The third-order valence-electron chi connectivity index (χ3n) is 5.12. The van der Waals surface area contributed by atoms with Crippen molar-refractivity contribution >= 4 is 23.2 Å². The van der Waals surface area contributed by atoms with E-state index in [4.69, 9.17) is 4.74 Å². The molecule has 0 heterocycles. The predicted octanol–water partition coefficient (Wildman–Crippen LogP) is 5.81. The Bertz CT molecular complexity index is 1080. The van der Waals surface area contributed by atoms with Gasteiger partial charge in [-0.2, -0.15) is 0 Å². The molecule has 0 saturated carbocycles. The van der Waals surface area contributed by atoms with Crippen LogP contribution in [0.25, 0.3) is 0 Å². The molecule has 3 rings (SSSR count). The highest BCUT2D eigenvalue weighted by atomic mass is 16.5. The molecular formula is C26H28N2O3. The maximum absolute atomic E-state index is 12.9. The van der Waals surface area contributed by atoms with E-state index >= 15 is 0 Å². The number of nitrogens with one attached hydrogen (secondary N) is 2. The molecule has 5 nitrogen and oxygen atoms in total. The Morgan fingerprint density at radius 2 is 1.45 bits per heavy atom. The van der Waals surface area contributed by atoms with Gasteiger partial charge in [0.05, 0.1) is 18.4 Å². The maximum Gasteiger partial charge on any atom is 0.257 e. The van der Waals surface area contributed by atoms with Crippen LogP contribution in [0, 0.1) is 6.92 Å². The second-order valence-corrected chi connectivity index (χ2v) is 8.46. The molecule has 2 N–H and O–H groups in total. The molecule has 0 spiro atoms. The minimum absolute atomic E-state index is 0.0116. The first-order valence-corrected chi connectivity index (χ1v) is 10.2. The number of amides is 2. The standard InChI is InChI=1S/C26H28N2O3/c1-17-7-6-8-22(25(30)27-20-13-15-21(31-5)16-14-20)23(17)28-24(29)18-9-11-19(12-10-18)26(2,3)4/h6-16H,1-5H3,(H,27,30)(H,28,29). The highest BCUT2D eigenvalue weighted by Crippen LogP contribution is 2.25. The van der Waals surface area contributed by atoms with Crippen LogP contribution in [-0.4, -0.2) is 18.9 Å². The third kappa shape index (κ3) is 5.31. The molecule has 160 valence electrons. The van der Waals surface area contributed by atoms with E-state index in [1.54, 1.807) is 43.5 Å². The van der Waals surface area contributed by atoms with Crippen LogP contribution in [0.1, 0.15) is 52.6 Å². The average Bonchev–Trinajstić information content (AvgIpc) is 2.75. The van der Waals surface area contributed by atoms with Gasteiger partial charge in [-0.1, -0.05) is 45.0 Å². The van der Waals surface area contributed by atoms with E-state index in [9.17, 15) is 9.59 Å². The summed E-state index contributed by atoms with van der Waals surface area (Å²) in [5.74, 6) is 0.152. The molecule has 0 aliphatic heterocycles. The Morgan fingerprint density at radius 1 is 0.806 bits per heavy atom. The van der Waals surface area contributed by atoms with E-state index in [0.29, 0.717) is 28.3 Å². The van der Waals surface area contributed by atoms with Gasteiger partial charge in [-0.3, -0.25) is 9.59 Å². The van der Waals surface area contributed by atoms with Crippen molar-refractivity contribution in [3.63, 3.8) is 0 Å². The minimum Gasteiger partial charge on any atom is -0.497 e. The van der Waals surface area contributed by atoms with Crippen LogP contribution < -0.4 is 15.4 Å². The Kier molecular flexibility index (Phi) is 6.44. The Labute approximate surface area is 183 Å². The van der Waals surface area contributed by atoms with Gasteiger partial charge in [-0.05, 0) is 65.9 Å². The zero-order valence-corrected chi connectivity index (χ0v) is 18.6. The summed E-state index contributed by atoms with van der Waals surface area (Å²) >= 11 is 0. The second-order valence-electron chi connectivity index (χ2n) is 8.46. The minimum atomic E-state index is -0.299. The average molecular weight is 417 g/mol. The van der Waals surface area contributed by atoms with E-state index in [-0.39, 0.29) is 17.2 Å². The molecule has 31 heavy (non-hydrogen) atoms. The molecule has 3 aromatic carbocycles. The van der Waals surface area contributed by atoms with Crippen molar-refractivity contribution < 1.29 is 14.3 Å². The first kappa shape index (κ1) is 22.1.